The highest BCUT2D eigenvalue weighted by Crippen LogP contribution is 2.21. The molecule has 0 aliphatic carbocycles. The summed E-state index contributed by atoms with van der Waals surface area (Å²) in [4.78, 5) is 0. The van der Waals surface area contributed by atoms with Gasteiger partial charge in [-0.1, -0.05) is 44.0 Å². The molecule has 2 aromatic carbocycles. The van der Waals surface area contributed by atoms with Gasteiger partial charge >= 0.3 is 0 Å². The van der Waals surface area contributed by atoms with E-state index in [1.807, 2.05) is 0 Å². The highest BCUT2D eigenvalue weighted by molar-refractivity contribution is 9.10. The van der Waals surface area contributed by atoms with Gasteiger partial charge in [0.2, 0.25) is 0 Å². The molecule has 0 aliphatic rings. The zero-order chi connectivity index (χ0) is 15.6. The van der Waals surface area contributed by atoms with Crippen molar-refractivity contribution in [3.8, 4) is 0 Å². The number of hydrogen-bond acceptors (Lipinski definition) is 2. The Balaban J connectivity index is 2.22. The third-order valence-corrected chi connectivity index (χ3v) is 5.27. The molecule has 2 rings (SSSR count). The molecule has 0 aromatic heterocycles. The summed E-state index contributed by atoms with van der Waals surface area (Å²) in [6, 6.07) is 8.32. The van der Waals surface area contributed by atoms with Crippen molar-refractivity contribution in [2.45, 2.75) is 11.5 Å². The van der Waals surface area contributed by atoms with Crippen molar-refractivity contribution < 1.29 is 17.2 Å². The lowest BCUT2D eigenvalue weighted by molar-refractivity contribution is 0.580. The van der Waals surface area contributed by atoms with Crippen LogP contribution in [0.3, 0.4) is 0 Å². The van der Waals surface area contributed by atoms with Gasteiger partial charge < -0.3 is 0 Å². The molecule has 0 saturated carbocycles. The molecule has 0 amide bonds. The largest absolute Gasteiger partial charge is 0.228 e. The number of rotatable bonds is 4. The first-order valence-electron chi connectivity index (χ1n) is 5.85. The first-order chi connectivity index (χ1) is 9.77. The van der Waals surface area contributed by atoms with Gasteiger partial charge in [-0.15, -0.1) is 0 Å². The molecule has 0 N–H and O–H groups in total. The van der Waals surface area contributed by atoms with E-state index in [1.165, 1.54) is 24.3 Å². The van der Waals surface area contributed by atoms with E-state index in [-0.39, 0.29) is 11.1 Å². The summed E-state index contributed by atoms with van der Waals surface area (Å²) in [6.07, 6.45) is 0. The van der Waals surface area contributed by atoms with E-state index >= 15 is 0 Å². The van der Waals surface area contributed by atoms with E-state index in [4.69, 9.17) is 0 Å². The standard InChI is InChI=1S/C14H10Br2F2O2S/c15-11-3-1-9(13(17)5-11)7-21(19,20)8-10-2-4-12(16)6-14(10)18/h1-6H,7-8H2. The molecular weight excluding hydrogens is 430 g/mol. The molecule has 0 spiro atoms. The van der Waals surface area contributed by atoms with Crippen LogP contribution in [0.1, 0.15) is 11.1 Å². The number of sulfone groups is 1. The molecule has 0 atom stereocenters. The summed E-state index contributed by atoms with van der Waals surface area (Å²) in [6.45, 7) is 0. The van der Waals surface area contributed by atoms with Crippen LogP contribution in [0.5, 0.6) is 0 Å². The van der Waals surface area contributed by atoms with Gasteiger partial charge in [-0.05, 0) is 24.3 Å². The average molecular weight is 440 g/mol. The summed E-state index contributed by atoms with van der Waals surface area (Å²) in [5.74, 6) is -2.16. The van der Waals surface area contributed by atoms with Gasteiger partial charge in [0.15, 0.2) is 9.84 Å². The molecule has 0 fully saturated rings. The maximum atomic E-state index is 13.7. The fourth-order valence-electron chi connectivity index (χ4n) is 1.80. The Hall–Kier alpha value is -0.790. The topological polar surface area (TPSA) is 34.1 Å². The van der Waals surface area contributed by atoms with Crippen LogP contribution in [0.2, 0.25) is 0 Å². The minimum absolute atomic E-state index is 0.0655. The summed E-state index contributed by atoms with van der Waals surface area (Å²) in [7, 11) is -3.67. The molecule has 2 nitrogen and oxygen atoms in total. The van der Waals surface area contributed by atoms with Crippen molar-refractivity contribution in [2.75, 3.05) is 0 Å². The maximum Gasteiger partial charge on any atom is 0.158 e. The summed E-state index contributed by atoms with van der Waals surface area (Å²) in [5, 5.41) is 0. The molecule has 0 bridgehead atoms. The van der Waals surface area contributed by atoms with Crippen LogP contribution in [0.25, 0.3) is 0 Å². The lowest BCUT2D eigenvalue weighted by atomic mass is 10.2. The van der Waals surface area contributed by atoms with Crippen LogP contribution in [-0.4, -0.2) is 8.42 Å². The van der Waals surface area contributed by atoms with Crippen LogP contribution in [0.4, 0.5) is 8.78 Å². The zero-order valence-electron chi connectivity index (χ0n) is 10.6. The third-order valence-electron chi connectivity index (χ3n) is 2.78. The predicted molar refractivity (Wildman–Crippen MR) is 84.5 cm³/mol. The van der Waals surface area contributed by atoms with Crippen LogP contribution in [0.15, 0.2) is 45.3 Å². The number of hydrogen-bond donors (Lipinski definition) is 0. The highest BCUT2D eigenvalue weighted by Gasteiger charge is 2.18. The average Bonchev–Trinajstić information content (AvgIpc) is 2.36. The van der Waals surface area contributed by atoms with Crippen molar-refractivity contribution >= 4 is 41.7 Å². The van der Waals surface area contributed by atoms with Gasteiger partial charge in [-0.2, -0.15) is 0 Å². The molecule has 0 heterocycles. The fraction of sp³-hybridized carbons (Fsp3) is 0.143. The molecule has 7 heteroatoms. The van der Waals surface area contributed by atoms with Gasteiger partial charge in [0.25, 0.3) is 0 Å². The highest BCUT2D eigenvalue weighted by atomic mass is 79.9. The van der Waals surface area contributed by atoms with Crippen LogP contribution in [-0.2, 0) is 21.3 Å². The molecule has 2 aromatic rings. The van der Waals surface area contributed by atoms with Crippen molar-refractivity contribution in [1.82, 2.24) is 0 Å². The normalized spacial score (nSPS) is 11.6. The second-order valence-electron chi connectivity index (χ2n) is 4.50. The minimum atomic E-state index is -3.67. The van der Waals surface area contributed by atoms with Crippen LogP contribution in [0, 0.1) is 11.6 Å². The quantitative estimate of drug-likeness (QED) is 0.697. The molecule has 0 saturated heterocycles. The predicted octanol–water partition coefficient (Wildman–Crippen LogP) is 4.60. The first-order valence-corrected chi connectivity index (χ1v) is 9.26. The molecule has 112 valence electrons. The van der Waals surface area contributed by atoms with E-state index < -0.39 is 33.0 Å². The monoisotopic (exact) mass is 438 g/mol. The Morgan fingerprint density at radius 3 is 1.52 bits per heavy atom. The lowest BCUT2D eigenvalue weighted by Crippen LogP contribution is -2.10. The third kappa shape index (κ3) is 4.59. The van der Waals surface area contributed by atoms with Gasteiger partial charge in [0.05, 0.1) is 11.5 Å². The summed E-state index contributed by atoms with van der Waals surface area (Å²) < 4.78 is 52.6. The van der Waals surface area contributed by atoms with E-state index in [2.05, 4.69) is 31.9 Å². The van der Waals surface area contributed by atoms with E-state index in [1.54, 1.807) is 12.1 Å². The second-order valence-corrected chi connectivity index (χ2v) is 8.40. The van der Waals surface area contributed by atoms with E-state index in [0.717, 1.165) is 0 Å². The van der Waals surface area contributed by atoms with Crippen LogP contribution < -0.4 is 0 Å². The number of halogens is 4. The van der Waals surface area contributed by atoms with E-state index in [9.17, 15) is 17.2 Å². The summed E-state index contributed by atoms with van der Waals surface area (Å²) >= 11 is 6.21. The molecular formula is C14H10Br2F2O2S. The molecule has 0 unspecified atom stereocenters. The molecule has 0 aliphatic heterocycles. The Morgan fingerprint density at radius 2 is 1.19 bits per heavy atom. The van der Waals surface area contributed by atoms with Gasteiger partial charge in [0.1, 0.15) is 11.6 Å². The second kappa shape index (κ2) is 6.54. The first kappa shape index (κ1) is 16.6. The van der Waals surface area contributed by atoms with Crippen molar-refractivity contribution in [1.29, 1.82) is 0 Å². The van der Waals surface area contributed by atoms with Gasteiger partial charge in [-0.3, -0.25) is 0 Å². The Bertz CT molecular complexity index is 717. The lowest BCUT2D eigenvalue weighted by Gasteiger charge is -2.07. The Labute approximate surface area is 138 Å². The van der Waals surface area contributed by atoms with Gasteiger partial charge in [-0.25, -0.2) is 17.2 Å². The number of benzene rings is 2. The fourth-order valence-corrected chi connectivity index (χ4v) is 3.99. The smallest absolute Gasteiger partial charge is 0.158 e. The SMILES string of the molecule is O=S(=O)(Cc1ccc(Br)cc1F)Cc1ccc(Br)cc1F. The minimum Gasteiger partial charge on any atom is -0.228 e. The zero-order valence-corrected chi connectivity index (χ0v) is 14.6. The van der Waals surface area contributed by atoms with Gasteiger partial charge in [0, 0.05) is 20.1 Å². The summed E-state index contributed by atoms with van der Waals surface area (Å²) in [5.41, 5.74) is 0.131. The molecule has 0 radical (unpaired) electrons. The van der Waals surface area contributed by atoms with Crippen molar-refractivity contribution in [2.24, 2.45) is 0 Å². The Morgan fingerprint density at radius 1 is 0.810 bits per heavy atom. The maximum absolute atomic E-state index is 13.7. The Kier molecular flexibility index (Phi) is 5.16. The van der Waals surface area contributed by atoms with E-state index in [0.29, 0.717) is 8.95 Å². The van der Waals surface area contributed by atoms with Crippen molar-refractivity contribution in [3.05, 3.63) is 68.1 Å². The van der Waals surface area contributed by atoms with Crippen molar-refractivity contribution in [3.63, 3.8) is 0 Å². The molecule has 21 heavy (non-hydrogen) atoms. The van der Waals surface area contributed by atoms with Crippen LogP contribution >= 0.6 is 31.9 Å².